The zero-order valence-electron chi connectivity index (χ0n) is 12.6. The Kier molecular flexibility index (Phi) is 5.10. The van der Waals surface area contributed by atoms with E-state index >= 15 is 0 Å². The van der Waals surface area contributed by atoms with Gasteiger partial charge in [0.15, 0.2) is 0 Å². The first kappa shape index (κ1) is 16.2. The van der Waals surface area contributed by atoms with E-state index in [0.29, 0.717) is 11.3 Å². The van der Waals surface area contributed by atoms with Gasteiger partial charge in [0, 0.05) is 23.7 Å². The van der Waals surface area contributed by atoms with Crippen LogP contribution in [0, 0.1) is 28.4 Å². The maximum absolute atomic E-state index is 12.7. The summed E-state index contributed by atoms with van der Waals surface area (Å²) in [7, 11) is 0. The number of benzene rings is 1. The van der Waals surface area contributed by atoms with Crippen LogP contribution in [-0.4, -0.2) is 22.3 Å². The quantitative estimate of drug-likeness (QED) is 0.602. The van der Waals surface area contributed by atoms with Crippen molar-refractivity contribution in [2.75, 3.05) is 6.54 Å². The molecule has 118 valence electrons. The number of hydrogen-bond donors (Lipinski definition) is 0. The Morgan fingerprint density at radius 2 is 2.17 bits per heavy atom. The number of amides is 1. The predicted octanol–water partition coefficient (Wildman–Crippen LogP) is 3.05. The molecule has 2 aromatic rings. The van der Waals surface area contributed by atoms with Crippen molar-refractivity contribution in [3.05, 3.63) is 63.6 Å². The van der Waals surface area contributed by atoms with Crippen molar-refractivity contribution in [2.24, 2.45) is 0 Å². The van der Waals surface area contributed by atoms with Crippen LogP contribution in [0.1, 0.15) is 28.1 Å². The second-order valence-electron chi connectivity index (χ2n) is 4.92. The van der Waals surface area contributed by atoms with Gasteiger partial charge in [0.05, 0.1) is 30.2 Å². The van der Waals surface area contributed by atoms with Gasteiger partial charge in [-0.15, -0.1) is 0 Å². The van der Waals surface area contributed by atoms with Crippen molar-refractivity contribution in [2.45, 2.75) is 19.9 Å². The van der Waals surface area contributed by atoms with E-state index in [2.05, 4.69) is 0 Å². The minimum atomic E-state index is -0.516. The lowest BCUT2D eigenvalue weighted by molar-refractivity contribution is -0.385. The van der Waals surface area contributed by atoms with Gasteiger partial charge in [0.1, 0.15) is 5.76 Å². The number of nitro groups is 1. The van der Waals surface area contributed by atoms with E-state index in [0.717, 1.165) is 0 Å². The molecule has 7 nitrogen and oxygen atoms in total. The maximum Gasteiger partial charge on any atom is 0.273 e. The molecule has 0 aliphatic carbocycles. The van der Waals surface area contributed by atoms with Crippen LogP contribution in [0.2, 0.25) is 0 Å². The van der Waals surface area contributed by atoms with Crippen LogP contribution in [-0.2, 0) is 6.54 Å². The maximum atomic E-state index is 12.7. The van der Waals surface area contributed by atoms with Gasteiger partial charge < -0.3 is 9.32 Å². The first-order valence-electron chi connectivity index (χ1n) is 6.97. The lowest BCUT2D eigenvalue weighted by Crippen LogP contribution is -2.32. The summed E-state index contributed by atoms with van der Waals surface area (Å²) in [6.45, 7) is 1.97. The van der Waals surface area contributed by atoms with E-state index < -0.39 is 4.92 Å². The highest BCUT2D eigenvalue weighted by Crippen LogP contribution is 2.23. The first-order valence-corrected chi connectivity index (χ1v) is 6.97. The summed E-state index contributed by atoms with van der Waals surface area (Å²) in [6, 6.07) is 9.82. The Morgan fingerprint density at radius 1 is 1.39 bits per heavy atom. The molecule has 0 bridgehead atoms. The molecule has 0 saturated heterocycles. The second-order valence-corrected chi connectivity index (χ2v) is 4.92. The molecule has 1 heterocycles. The van der Waals surface area contributed by atoms with Crippen LogP contribution in [0.4, 0.5) is 5.69 Å². The van der Waals surface area contributed by atoms with Crippen molar-refractivity contribution >= 4 is 11.6 Å². The van der Waals surface area contributed by atoms with Crippen LogP contribution >= 0.6 is 0 Å². The Bertz CT molecular complexity index is 747. The Hall–Kier alpha value is -3.14. The van der Waals surface area contributed by atoms with Crippen LogP contribution in [0.25, 0.3) is 0 Å². The normalized spacial score (nSPS) is 10.1. The van der Waals surface area contributed by atoms with Crippen molar-refractivity contribution in [1.82, 2.24) is 4.90 Å². The Labute approximate surface area is 132 Å². The van der Waals surface area contributed by atoms with Gasteiger partial charge in [-0.3, -0.25) is 14.9 Å². The van der Waals surface area contributed by atoms with E-state index in [4.69, 9.17) is 9.68 Å². The average molecular weight is 313 g/mol. The fraction of sp³-hybridized carbons (Fsp3) is 0.250. The highest BCUT2D eigenvalue weighted by molar-refractivity contribution is 5.96. The van der Waals surface area contributed by atoms with Gasteiger partial charge in [-0.1, -0.05) is 6.07 Å². The number of nitriles is 1. The molecular weight excluding hydrogens is 298 g/mol. The molecule has 1 amide bonds. The lowest BCUT2D eigenvalue weighted by atomic mass is 10.1. The van der Waals surface area contributed by atoms with E-state index in [1.54, 1.807) is 25.1 Å². The second kappa shape index (κ2) is 7.22. The fourth-order valence-corrected chi connectivity index (χ4v) is 2.25. The predicted molar refractivity (Wildman–Crippen MR) is 81.5 cm³/mol. The summed E-state index contributed by atoms with van der Waals surface area (Å²) in [5.41, 5.74) is 0.460. The van der Waals surface area contributed by atoms with Gasteiger partial charge in [-0.25, -0.2) is 0 Å². The molecule has 7 heteroatoms. The van der Waals surface area contributed by atoms with Gasteiger partial charge in [-0.05, 0) is 25.1 Å². The molecule has 0 aliphatic heterocycles. The summed E-state index contributed by atoms with van der Waals surface area (Å²) in [5, 5.41) is 19.8. The topological polar surface area (TPSA) is 100 Å². The minimum Gasteiger partial charge on any atom is -0.467 e. The summed E-state index contributed by atoms with van der Waals surface area (Å²) in [6.07, 6.45) is 1.67. The first-order chi connectivity index (χ1) is 11.0. The van der Waals surface area contributed by atoms with Crippen molar-refractivity contribution in [3.8, 4) is 6.07 Å². The van der Waals surface area contributed by atoms with E-state index in [-0.39, 0.29) is 36.7 Å². The van der Waals surface area contributed by atoms with Gasteiger partial charge in [-0.2, -0.15) is 5.26 Å². The highest BCUT2D eigenvalue weighted by Gasteiger charge is 2.23. The average Bonchev–Trinajstić information content (AvgIpc) is 3.03. The third-order valence-electron chi connectivity index (χ3n) is 3.44. The zero-order valence-corrected chi connectivity index (χ0v) is 12.6. The third-order valence-corrected chi connectivity index (χ3v) is 3.44. The summed E-state index contributed by atoms with van der Waals surface area (Å²) < 4.78 is 5.24. The SMILES string of the molecule is Cc1c(C(=O)N(CCC#N)Cc2ccco2)cccc1[N+](=O)[O-]. The largest absolute Gasteiger partial charge is 0.467 e. The number of nitro benzene ring substituents is 1. The molecule has 23 heavy (non-hydrogen) atoms. The molecule has 0 fully saturated rings. The van der Waals surface area contributed by atoms with Crippen molar-refractivity contribution in [3.63, 3.8) is 0 Å². The molecule has 0 radical (unpaired) electrons. The van der Waals surface area contributed by atoms with E-state index in [1.165, 1.54) is 23.3 Å². The number of rotatable bonds is 6. The van der Waals surface area contributed by atoms with Crippen molar-refractivity contribution in [1.29, 1.82) is 5.26 Å². The van der Waals surface area contributed by atoms with Gasteiger partial charge in [0.25, 0.3) is 11.6 Å². The smallest absolute Gasteiger partial charge is 0.273 e. The van der Waals surface area contributed by atoms with Crippen LogP contribution in [0.15, 0.2) is 41.0 Å². The Morgan fingerprint density at radius 3 is 2.78 bits per heavy atom. The summed E-state index contributed by atoms with van der Waals surface area (Å²) in [4.78, 5) is 24.7. The van der Waals surface area contributed by atoms with Crippen molar-refractivity contribution < 1.29 is 14.1 Å². The van der Waals surface area contributed by atoms with Crippen LogP contribution in [0.5, 0.6) is 0 Å². The van der Waals surface area contributed by atoms with Gasteiger partial charge in [0.2, 0.25) is 0 Å². The third kappa shape index (κ3) is 3.74. The Balaban J connectivity index is 2.31. The molecule has 0 aliphatic rings. The van der Waals surface area contributed by atoms with E-state index in [9.17, 15) is 14.9 Å². The number of carbonyl (C=O) groups excluding carboxylic acids is 1. The number of hydrogen-bond acceptors (Lipinski definition) is 5. The van der Waals surface area contributed by atoms with Crippen LogP contribution < -0.4 is 0 Å². The molecule has 0 atom stereocenters. The molecule has 0 N–H and O–H groups in total. The molecule has 1 aromatic heterocycles. The fourth-order valence-electron chi connectivity index (χ4n) is 2.25. The highest BCUT2D eigenvalue weighted by atomic mass is 16.6. The summed E-state index contributed by atoms with van der Waals surface area (Å²) in [5.74, 6) is 0.220. The molecule has 2 rings (SSSR count). The summed E-state index contributed by atoms with van der Waals surface area (Å²) >= 11 is 0. The lowest BCUT2D eigenvalue weighted by Gasteiger charge is -2.21. The van der Waals surface area contributed by atoms with Gasteiger partial charge >= 0.3 is 0 Å². The minimum absolute atomic E-state index is 0.103. The zero-order chi connectivity index (χ0) is 16.8. The monoisotopic (exact) mass is 313 g/mol. The molecule has 0 saturated carbocycles. The molecular formula is C16H15N3O4. The standard InChI is InChI=1S/C16H15N3O4/c1-12-14(6-2-7-15(12)19(21)22)16(20)18(9-4-8-17)11-13-5-3-10-23-13/h2-3,5-7,10H,4,9,11H2,1H3. The van der Waals surface area contributed by atoms with E-state index in [1.807, 2.05) is 6.07 Å². The molecule has 0 unspecified atom stereocenters. The van der Waals surface area contributed by atoms with Crippen LogP contribution in [0.3, 0.4) is 0 Å². The number of nitrogens with zero attached hydrogens (tertiary/aromatic N) is 3. The molecule has 1 aromatic carbocycles. The number of furan rings is 1. The molecule has 0 spiro atoms. The number of carbonyl (C=O) groups is 1.